The van der Waals surface area contributed by atoms with Crippen LogP contribution in [0.3, 0.4) is 0 Å². The summed E-state index contributed by atoms with van der Waals surface area (Å²) in [6, 6.07) is 2.69. The van der Waals surface area contributed by atoms with Gasteiger partial charge in [-0.2, -0.15) is 0 Å². The van der Waals surface area contributed by atoms with E-state index in [1.807, 2.05) is 0 Å². The number of hydrogen-bond acceptors (Lipinski definition) is 2. The van der Waals surface area contributed by atoms with Crippen molar-refractivity contribution in [2.45, 2.75) is 73.1 Å². The molecule has 0 fully saturated rings. The van der Waals surface area contributed by atoms with Crippen molar-refractivity contribution in [3.8, 4) is 0 Å². The van der Waals surface area contributed by atoms with E-state index in [0.717, 1.165) is 12.0 Å². The molecule has 0 radical (unpaired) electrons. The van der Waals surface area contributed by atoms with Crippen molar-refractivity contribution in [3.63, 3.8) is 0 Å². The van der Waals surface area contributed by atoms with E-state index in [2.05, 4.69) is 59.8 Å². The molecule has 0 amide bonds. The molecule has 19 heavy (non-hydrogen) atoms. The van der Waals surface area contributed by atoms with Gasteiger partial charge in [0.15, 0.2) is 0 Å². The van der Waals surface area contributed by atoms with Gasteiger partial charge >= 0.3 is 0 Å². The van der Waals surface area contributed by atoms with E-state index in [1.54, 1.807) is 0 Å². The van der Waals surface area contributed by atoms with Gasteiger partial charge in [-0.3, -0.25) is 0 Å². The highest BCUT2D eigenvalue weighted by Gasteiger charge is 2.22. The maximum atomic E-state index is 10.7. The molecule has 0 heterocycles. The highest BCUT2D eigenvalue weighted by atomic mass is 16.3. The molecule has 0 aromatic heterocycles. The molecule has 0 aliphatic rings. The minimum absolute atomic E-state index is 0.0635. The second-order valence-electron chi connectivity index (χ2n) is 5.88. The van der Waals surface area contributed by atoms with E-state index in [-0.39, 0.29) is 6.04 Å². The van der Waals surface area contributed by atoms with Gasteiger partial charge in [0.1, 0.15) is 0 Å². The fourth-order valence-electron chi connectivity index (χ4n) is 2.60. The van der Waals surface area contributed by atoms with E-state index in [9.17, 15) is 5.11 Å². The van der Waals surface area contributed by atoms with Gasteiger partial charge in [-0.25, -0.2) is 0 Å². The zero-order chi connectivity index (χ0) is 14.7. The fraction of sp³-hybridized carbons (Fsp3) is 0.647. The van der Waals surface area contributed by atoms with Crippen LogP contribution in [0.15, 0.2) is 6.07 Å². The van der Waals surface area contributed by atoms with Crippen LogP contribution in [-0.2, 0) is 0 Å². The number of benzene rings is 1. The predicted molar refractivity (Wildman–Crippen MR) is 82.7 cm³/mol. The quantitative estimate of drug-likeness (QED) is 0.848. The minimum Gasteiger partial charge on any atom is -0.387 e. The number of hydrogen-bond donors (Lipinski definition) is 2. The number of aliphatic hydroxyl groups is 1. The Morgan fingerprint density at radius 2 is 1.53 bits per heavy atom. The van der Waals surface area contributed by atoms with Crippen LogP contribution >= 0.6 is 0 Å². The molecular weight excluding hydrogens is 234 g/mol. The highest BCUT2D eigenvalue weighted by molar-refractivity contribution is 5.45. The number of rotatable bonds is 5. The van der Waals surface area contributed by atoms with Crippen molar-refractivity contribution < 1.29 is 5.11 Å². The highest BCUT2D eigenvalue weighted by Crippen LogP contribution is 2.29. The molecule has 3 atom stereocenters. The molecule has 1 aromatic carbocycles. The molecule has 2 N–H and O–H groups in total. The summed E-state index contributed by atoms with van der Waals surface area (Å²) in [5, 5.41) is 14.2. The van der Waals surface area contributed by atoms with Crippen LogP contribution in [0.4, 0.5) is 0 Å². The lowest BCUT2D eigenvalue weighted by Gasteiger charge is -2.27. The van der Waals surface area contributed by atoms with Crippen molar-refractivity contribution >= 4 is 0 Å². The summed E-state index contributed by atoms with van der Waals surface area (Å²) >= 11 is 0. The topological polar surface area (TPSA) is 32.3 Å². The van der Waals surface area contributed by atoms with Gasteiger partial charge in [-0.1, -0.05) is 13.0 Å². The maximum absolute atomic E-state index is 10.7. The third-order valence-electron chi connectivity index (χ3n) is 4.35. The second kappa shape index (κ2) is 6.53. The molecule has 1 aromatic rings. The molecule has 1 rings (SSSR count). The average Bonchev–Trinajstić information content (AvgIpc) is 2.36. The van der Waals surface area contributed by atoms with Gasteiger partial charge in [-0.15, -0.1) is 0 Å². The average molecular weight is 263 g/mol. The van der Waals surface area contributed by atoms with Gasteiger partial charge in [0.25, 0.3) is 0 Å². The molecule has 0 saturated heterocycles. The van der Waals surface area contributed by atoms with Crippen molar-refractivity contribution in [1.82, 2.24) is 5.32 Å². The third-order valence-corrected chi connectivity index (χ3v) is 4.35. The molecule has 0 bridgehead atoms. The van der Waals surface area contributed by atoms with E-state index in [4.69, 9.17) is 0 Å². The van der Waals surface area contributed by atoms with Gasteiger partial charge in [0, 0.05) is 12.1 Å². The molecule has 0 aliphatic carbocycles. The minimum atomic E-state index is -0.451. The summed E-state index contributed by atoms with van der Waals surface area (Å²) in [6.07, 6.45) is 0.620. The summed E-state index contributed by atoms with van der Waals surface area (Å²) in [6.45, 7) is 14.8. The van der Waals surface area contributed by atoms with E-state index >= 15 is 0 Å². The smallest absolute Gasteiger partial charge is 0.0945 e. The maximum Gasteiger partial charge on any atom is 0.0945 e. The number of aliphatic hydroxyl groups excluding tert-OH is 1. The summed E-state index contributed by atoms with van der Waals surface area (Å²) < 4.78 is 0. The van der Waals surface area contributed by atoms with Crippen LogP contribution in [0.5, 0.6) is 0 Å². The van der Waals surface area contributed by atoms with Crippen LogP contribution in [0.2, 0.25) is 0 Å². The Balaban J connectivity index is 3.08. The molecule has 2 nitrogen and oxygen atoms in total. The Hall–Kier alpha value is -0.860. The molecular formula is C17H29NO. The Bertz CT molecular complexity index is 413. The van der Waals surface area contributed by atoms with Crippen LogP contribution in [0.1, 0.15) is 61.1 Å². The Morgan fingerprint density at radius 1 is 1.05 bits per heavy atom. The summed E-state index contributed by atoms with van der Waals surface area (Å²) in [5.41, 5.74) is 6.04. The molecule has 108 valence electrons. The molecule has 2 heteroatoms. The van der Waals surface area contributed by atoms with E-state index in [1.165, 1.54) is 22.3 Å². The summed E-state index contributed by atoms with van der Waals surface area (Å²) in [4.78, 5) is 0. The molecule has 0 spiro atoms. The van der Waals surface area contributed by atoms with Gasteiger partial charge in [0.2, 0.25) is 0 Å². The van der Waals surface area contributed by atoms with Crippen LogP contribution < -0.4 is 5.32 Å². The Labute approximate surface area is 118 Å². The lowest BCUT2D eigenvalue weighted by molar-refractivity contribution is 0.129. The third kappa shape index (κ3) is 3.58. The monoisotopic (exact) mass is 263 g/mol. The number of aryl methyl sites for hydroxylation is 2. The zero-order valence-corrected chi connectivity index (χ0v) is 13.5. The first-order valence-corrected chi connectivity index (χ1v) is 7.30. The fourth-order valence-corrected chi connectivity index (χ4v) is 2.60. The van der Waals surface area contributed by atoms with E-state index < -0.39 is 6.10 Å². The van der Waals surface area contributed by atoms with Crippen molar-refractivity contribution in [2.75, 3.05) is 0 Å². The molecule has 3 unspecified atom stereocenters. The largest absolute Gasteiger partial charge is 0.387 e. The van der Waals surface area contributed by atoms with Gasteiger partial charge < -0.3 is 10.4 Å². The Kier molecular flexibility index (Phi) is 5.57. The van der Waals surface area contributed by atoms with Crippen molar-refractivity contribution in [1.29, 1.82) is 0 Å². The van der Waals surface area contributed by atoms with Crippen LogP contribution in [0, 0.1) is 27.7 Å². The normalized spacial score (nSPS) is 16.2. The molecule has 0 saturated carbocycles. The first-order chi connectivity index (χ1) is 8.79. The van der Waals surface area contributed by atoms with Crippen LogP contribution in [-0.4, -0.2) is 17.2 Å². The predicted octanol–water partition coefficient (Wildman–Crippen LogP) is 3.73. The van der Waals surface area contributed by atoms with E-state index in [0.29, 0.717) is 6.04 Å². The lowest BCUT2D eigenvalue weighted by atomic mass is 9.88. The summed E-state index contributed by atoms with van der Waals surface area (Å²) in [5.74, 6) is 0. The standard InChI is InChI=1S/C17H29NO/c1-8-12(4)18-15(7)17(19)16-13(5)10(2)9-11(3)14(16)6/h9,12,15,17-19H,8H2,1-7H3. The molecule has 0 aliphatic heterocycles. The number of nitrogens with one attached hydrogen (secondary N) is 1. The van der Waals surface area contributed by atoms with Crippen LogP contribution in [0.25, 0.3) is 0 Å². The van der Waals surface area contributed by atoms with Gasteiger partial charge in [0.05, 0.1) is 6.10 Å². The first-order valence-electron chi connectivity index (χ1n) is 7.30. The van der Waals surface area contributed by atoms with Crippen molar-refractivity contribution in [3.05, 3.63) is 33.9 Å². The zero-order valence-electron chi connectivity index (χ0n) is 13.5. The lowest BCUT2D eigenvalue weighted by Crippen LogP contribution is -2.38. The second-order valence-corrected chi connectivity index (χ2v) is 5.88. The summed E-state index contributed by atoms with van der Waals surface area (Å²) in [7, 11) is 0. The van der Waals surface area contributed by atoms with Crippen molar-refractivity contribution in [2.24, 2.45) is 0 Å². The van der Waals surface area contributed by atoms with Gasteiger partial charge in [-0.05, 0) is 75.8 Å². The first kappa shape index (κ1) is 16.2. The SMILES string of the molecule is CCC(C)NC(C)C(O)c1c(C)c(C)cc(C)c1C. The Morgan fingerprint density at radius 3 is 1.95 bits per heavy atom.